The van der Waals surface area contributed by atoms with Crippen LogP contribution in [0.5, 0.6) is 0 Å². The molecule has 0 spiro atoms. The Morgan fingerprint density at radius 1 is 1.30 bits per heavy atom. The van der Waals surface area contributed by atoms with Crippen molar-refractivity contribution in [2.24, 2.45) is 5.73 Å². The van der Waals surface area contributed by atoms with Gasteiger partial charge in [-0.05, 0) is 30.7 Å². The van der Waals surface area contributed by atoms with Crippen molar-refractivity contribution in [3.05, 3.63) is 29.8 Å². The summed E-state index contributed by atoms with van der Waals surface area (Å²) < 4.78 is 0. The molecular formula is C14H19N3O3. The highest BCUT2D eigenvalue weighted by Crippen LogP contribution is 2.22. The number of rotatable bonds is 3. The summed E-state index contributed by atoms with van der Waals surface area (Å²) in [6, 6.07) is 7.20. The fraction of sp³-hybridized carbons (Fsp3) is 0.429. The number of amides is 1. The average Bonchev–Trinajstić information content (AvgIpc) is 2.82. The molecule has 0 aromatic heterocycles. The van der Waals surface area contributed by atoms with E-state index in [1.165, 1.54) is 4.90 Å². The summed E-state index contributed by atoms with van der Waals surface area (Å²) in [5, 5.41) is 9.07. The van der Waals surface area contributed by atoms with E-state index in [2.05, 4.69) is 0 Å². The van der Waals surface area contributed by atoms with Crippen LogP contribution in [0.1, 0.15) is 16.8 Å². The molecule has 3 N–H and O–H groups in total. The van der Waals surface area contributed by atoms with E-state index in [-0.39, 0.29) is 18.9 Å². The predicted octanol–water partition coefficient (Wildman–Crippen LogP) is 0.381. The number of carboxylic acid groups (broad SMARTS) is 1. The van der Waals surface area contributed by atoms with Gasteiger partial charge in [0.2, 0.25) is 0 Å². The van der Waals surface area contributed by atoms with Crippen molar-refractivity contribution in [2.45, 2.75) is 12.0 Å². The van der Waals surface area contributed by atoms with Crippen molar-refractivity contribution in [2.75, 3.05) is 32.1 Å². The topological polar surface area (TPSA) is 86.9 Å². The molecule has 20 heavy (non-hydrogen) atoms. The number of likely N-dealkylation sites (tertiary alicyclic amines) is 1. The van der Waals surface area contributed by atoms with Gasteiger partial charge in [0.25, 0.3) is 5.91 Å². The van der Waals surface area contributed by atoms with Crippen LogP contribution in [0.3, 0.4) is 0 Å². The summed E-state index contributed by atoms with van der Waals surface area (Å²) in [7, 11) is 3.85. The largest absolute Gasteiger partial charge is 0.480 e. The monoisotopic (exact) mass is 277 g/mol. The standard InChI is InChI=1S/C14H19N3O3/c1-16(2)11-5-3-10(4-6-11)12(18)17-8-7-14(15,9-17)13(19)20/h3-6H,7-9,15H2,1-2H3,(H,19,20). The van der Waals surface area contributed by atoms with Crippen molar-refractivity contribution in [3.8, 4) is 0 Å². The van der Waals surface area contributed by atoms with Crippen LogP contribution in [0.2, 0.25) is 0 Å². The zero-order valence-electron chi connectivity index (χ0n) is 11.7. The van der Waals surface area contributed by atoms with Crippen LogP contribution >= 0.6 is 0 Å². The van der Waals surface area contributed by atoms with Gasteiger partial charge in [-0.1, -0.05) is 0 Å². The number of anilines is 1. The van der Waals surface area contributed by atoms with Gasteiger partial charge in [-0.2, -0.15) is 0 Å². The van der Waals surface area contributed by atoms with Gasteiger partial charge in [-0.3, -0.25) is 9.59 Å². The van der Waals surface area contributed by atoms with Crippen molar-refractivity contribution in [1.82, 2.24) is 4.90 Å². The van der Waals surface area contributed by atoms with Crippen molar-refractivity contribution in [3.63, 3.8) is 0 Å². The average molecular weight is 277 g/mol. The third kappa shape index (κ3) is 2.60. The summed E-state index contributed by atoms with van der Waals surface area (Å²) in [6.45, 7) is 0.424. The molecule has 6 nitrogen and oxygen atoms in total. The first-order chi connectivity index (χ1) is 9.33. The number of aliphatic carboxylic acids is 1. The Morgan fingerprint density at radius 2 is 1.90 bits per heavy atom. The second-order valence-electron chi connectivity index (χ2n) is 5.38. The highest BCUT2D eigenvalue weighted by molar-refractivity contribution is 5.95. The van der Waals surface area contributed by atoms with Gasteiger partial charge < -0.3 is 20.6 Å². The van der Waals surface area contributed by atoms with Gasteiger partial charge in [-0.15, -0.1) is 0 Å². The van der Waals surface area contributed by atoms with E-state index in [1.54, 1.807) is 12.1 Å². The van der Waals surface area contributed by atoms with Gasteiger partial charge in [0.05, 0.1) is 0 Å². The Balaban J connectivity index is 2.11. The van der Waals surface area contributed by atoms with E-state index in [9.17, 15) is 9.59 Å². The molecule has 1 unspecified atom stereocenters. The molecule has 1 saturated heterocycles. The van der Waals surface area contributed by atoms with Crippen LogP contribution in [0.15, 0.2) is 24.3 Å². The van der Waals surface area contributed by atoms with Gasteiger partial charge in [0.15, 0.2) is 0 Å². The van der Waals surface area contributed by atoms with Gasteiger partial charge >= 0.3 is 5.97 Å². The number of carbonyl (C=O) groups excluding carboxylic acids is 1. The molecule has 1 aromatic carbocycles. The third-order valence-electron chi connectivity index (χ3n) is 3.64. The van der Waals surface area contributed by atoms with E-state index in [0.717, 1.165) is 5.69 Å². The zero-order valence-corrected chi connectivity index (χ0v) is 11.7. The Bertz CT molecular complexity index is 527. The summed E-state index contributed by atoms with van der Waals surface area (Å²) >= 11 is 0. The van der Waals surface area contributed by atoms with Crippen LogP contribution in [0, 0.1) is 0 Å². The number of nitrogens with two attached hydrogens (primary N) is 1. The lowest BCUT2D eigenvalue weighted by Gasteiger charge is -2.20. The van der Waals surface area contributed by atoms with E-state index >= 15 is 0 Å². The Hall–Kier alpha value is -2.08. The first kappa shape index (κ1) is 14.3. The number of benzene rings is 1. The second kappa shape index (κ2) is 5.13. The lowest BCUT2D eigenvalue weighted by molar-refractivity contribution is -0.142. The molecule has 1 atom stereocenters. The number of hydrogen-bond acceptors (Lipinski definition) is 4. The maximum absolute atomic E-state index is 12.3. The molecule has 6 heteroatoms. The van der Waals surface area contributed by atoms with E-state index < -0.39 is 11.5 Å². The highest BCUT2D eigenvalue weighted by Gasteiger charge is 2.43. The van der Waals surface area contributed by atoms with E-state index in [4.69, 9.17) is 10.8 Å². The quantitative estimate of drug-likeness (QED) is 0.834. The molecule has 108 valence electrons. The fourth-order valence-electron chi connectivity index (χ4n) is 2.27. The molecule has 1 amide bonds. The minimum absolute atomic E-state index is 0.0522. The van der Waals surface area contributed by atoms with E-state index in [0.29, 0.717) is 12.1 Å². The van der Waals surface area contributed by atoms with Crippen molar-refractivity contribution < 1.29 is 14.7 Å². The molecular weight excluding hydrogens is 258 g/mol. The fourth-order valence-corrected chi connectivity index (χ4v) is 2.27. The van der Waals surface area contributed by atoms with Crippen LogP contribution in [0.4, 0.5) is 5.69 Å². The Morgan fingerprint density at radius 3 is 2.35 bits per heavy atom. The molecule has 0 saturated carbocycles. The van der Waals surface area contributed by atoms with Crippen molar-refractivity contribution >= 4 is 17.6 Å². The van der Waals surface area contributed by atoms with Crippen molar-refractivity contribution in [1.29, 1.82) is 0 Å². The highest BCUT2D eigenvalue weighted by atomic mass is 16.4. The molecule has 1 heterocycles. The van der Waals surface area contributed by atoms with Crippen LogP contribution in [0.25, 0.3) is 0 Å². The number of carboxylic acids is 1. The van der Waals surface area contributed by atoms with E-state index in [1.807, 2.05) is 31.1 Å². The van der Waals surface area contributed by atoms with Crippen LogP contribution < -0.4 is 10.6 Å². The molecule has 2 rings (SSSR count). The summed E-state index contributed by atoms with van der Waals surface area (Å²) in [5.41, 5.74) is 6.00. The lowest BCUT2D eigenvalue weighted by Crippen LogP contribution is -2.50. The molecule has 1 aliphatic rings. The summed E-state index contributed by atoms with van der Waals surface area (Å²) in [5.74, 6) is -1.24. The maximum atomic E-state index is 12.3. The molecule has 1 fully saturated rings. The van der Waals surface area contributed by atoms with Gasteiger partial charge in [-0.25, -0.2) is 0 Å². The SMILES string of the molecule is CN(C)c1ccc(C(=O)N2CCC(N)(C(=O)O)C2)cc1. The number of nitrogens with zero attached hydrogens (tertiary/aromatic N) is 2. The van der Waals surface area contributed by atoms with Gasteiger partial charge in [0, 0.05) is 38.4 Å². The zero-order chi connectivity index (χ0) is 14.9. The lowest BCUT2D eigenvalue weighted by atomic mass is 10.0. The normalized spacial score (nSPS) is 21.9. The minimum Gasteiger partial charge on any atom is -0.480 e. The Labute approximate surface area is 117 Å². The van der Waals surface area contributed by atoms with Crippen LogP contribution in [-0.2, 0) is 4.79 Å². The first-order valence-corrected chi connectivity index (χ1v) is 6.42. The first-order valence-electron chi connectivity index (χ1n) is 6.42. The minimum atomic E-state index is -1.32. The summed E-state index contributed by atoms with van der Waals surface area (Å²) in [6.07, 6.45) is 0.282. The second-order valence-corrected chi connectivity index (χ2v) is 5.38. The van der Waals surface area contributed by atoms with Crippen LogP contribution in [-0.4, -0.2) is 54.6 Å². The maximum Gasteiger partial charge on any atom is 0.325 e. The molecule has 0 aliphatic carbocycles. The molecule has 0 radical (unpaired) electrons. The summed E-state index contributed by atoms with van der Waals surface area (Å²) in [4.78, 5) is 26.8. The third-order valence-corrected chi connectivity index (χ3v) is 3.64. The Kier molecular flexibility index (Phi) is 3.67. The molecule has 1 aromatic rings. The van der Waals surface area contributed by atoms with Gasteiger partial charge in [0.1, 0.15) is 5.54 Å². The number of hydrogen-bond donors (Lipinski definition) is 2. The predicted molar refractivity (Wildman–Crippen MR) is 75.8 cm³/mol. The number of carbonyl (C=O) groups is 2. The molecule has 1 aliphatic heterocycles. The molecule has 0 bridgehead atoms. The smallest absolute Gasteiger partial charge is 0.325 e.